The second kappa shape index (κ2) is 7.54. The summed E-state index contributed by atoms with van der Waals surface area (Å²) in [5.41, 5.74) is 1.86. The van der Waals surface area contributed by atoms with Crippen molar-refractivity contribution in [1.29, 1.82) is 0 Å². The first-order valence-corrected chi connectivity index (χ1v) is 8.66. The molecule has 1 aromatic rings. The Bertz CT molecular complexity index is 493. The lowest BCUT2D eigenvalue weighted by molar-refractivity contribution is -0.134. The normalized spacial score (nSPS) is 17.9. The van der Waals surface area contributed by atoms with E-state index in [9.17, 15) is 4.79 Å². The fourth-order valence-corrected chi connectivity index (χ4v) is 3.72. The van der Waals surface area contributed by atoms with Crippen molar-refractivity contribution in [3.63, 3.8) is 0 Å². The van der Waals surface area contributed by atoms with Crippen LogP contribution < -0.4 is 0 Å². The SMILES string of the molecule is CCOC(C(=O)Cc1c(Br)c(C)nn1C)C1CCCCC1. The Morgan fingerprint density at radius 1 is 1.43 bits per heavy atom. The van der Waals surface area contributed by atoms with E-state index in [0.29, 0.717) is 18.9 Å². The maximum absolute atomic E-state index is 12.7. The fourth-order valence-electron chi connectivity index (χ4n) is 3.25. The van der Waals surface area contributed by atoms with Gasteiger partial charge in [-0.2, -0.15) is 5.10 Å². The van der Waals surface area contributed by atoms with Crippen LogP contribution in [0.5, 0.6) is 0 Å². The zero-order chi connectivity index (χ0) is 15.4. The predicted molar refractivity (Wildman–Crippen MR) is 86.3 cm³/mol. The Hall–Kier alpha value is -0.680. The van der Waals surface area contributed by atoms with Crippen molar-refractivity contribution >= 4 is 21.7 Å². The highest BCUT2D eigenvalue weighted by Gasteiger charge is 2.31. The van der Waals surface area contributed by atoms with Crippen LogP contribution >= 0.6 is 15.9 Å². The van der Waals surface area contributed by atoms with Gasteiger partial charge < -0.3 is 4.74 Å². The molecule has 2 rings (SSSR count). The van der Waals surface area contributed by atoms with Crippen LogP contribution in [0.3, 0.4) is 0 Å². The maximum Gasteiger partial charge on any atom is 0.167 e. The number of halogens is 1. The minimum absolute atomic E-state index is 0.187. The molecule has 1 saturated carbocycles. The summed E-state index contributed by atoms with van der Waals surface area (Å²) in [6.07, 6.45) is 6.09. The molecule has 1 unspecified atom stereocenters. The van der Waals surface area contributed by atoms with Crippen molar-refractivity contribution in [2.75, 3.05) is 6.61 Å². The third-order valence-electron chi connectivity index (χ3n) is 4.34. The van der Waals surface area contributed by atoms with Gasteiger partial charge in [-0.1, -0.05) is 19.3 Å². The maximum atomic E-state index is 12.7. The molecule has 1 aliphatic carbocycles. The average molecular weight is 357 g/mol. The van der Waals surface area contributed by atoms with E-state index in [2.05, 4.69) is 21.0 Å². The Kier molecular flexibility index (Phi) is 5.99. The first-order valence-electron chi connectivity index (χ1n) is 7.86. The van der Waals surface area contributed by atoms with Crippen LogP contribution in [-0.4, -0.2) is 28.3 Å². The van der Waals surface area contributed by atoms with Crippen molar-refractivity contribution < 1.29 is 9.53 Å². The van der Waals surface area contributed by atoms with Gasteiger partial charge in [0.1, 0.15) is 6.10 Å². The molecule has 0 aromatic carbocycles. The molecule has 4 nitrogen and oxygen atoms in total. The third kappa shape index (κ3) is 3.95. The zero-order valence-electron chi connectivity index (χ0n) is 13.2. The molecule has 0 N–H and O–H groups in total. The highest BCUT2D eigenvalue weighted by molar-refractivity contribution is 9.10. The van der Waals surface area contributed by atoms with E-state index in [1.807, 2.05) is 20.9 Å². The molecule has 1 aromatic heterocycles. The summed E-state index contributed by atoms with van der Waals surface area (Å²) < 4.78 is 8.54. The highest BCUT2D eigenvalue weighted by Crippen LogP contribution is 2.30. The molecular weight excluding hydrogens is 332 g/mol. The number of hydrogen-bond acceptors (Lipinski definition) is 3. The van der Waals surface area contributed by atoms with Crippen molar-refractivity contribution in [2.24, 2.45) is 13.0 Å². The first-order chi connectivity index (χ1) is 10.0. The van der Waals surface area contributed by atoms with Crippen LogP contribution in [0.15, 0.2) is 4.47 Å². The number of rotatable bonds is 6. The summed E-state index contributed by atoms with van der Waals surface area (Å²) in [6, 6.07) is 0. The van der Waals surface area contributed by atoms with Crippen LogP contribution in [0.25, 0.3) is 0 Å². The van der Waals surface area contributed by atoms with Gasteiger partial charge in [0.05, 0.1) is 22.3 Å². The number of aryl methyl sites for hydroxylation is 2. The van der Waals surface area contributed by atoms with E-state index in [-0.39, 0.29) is 11.9 Å². The standard InChI is InChI=1S/C16H25BrN2O2/c1-4-21-16(12-8-6-5-7-9-12)14(20)10-13-15(17)11(2)18-19(13)3/h12,16H,4-10H2,1-3H3. The second-order valence-electron chi connectivity index (χ2n) is 5.89. The smallest absolute Gasteiger partial charge is 0.167 e. The Morgan fingerprint density at radius 3 is 2.62 bits per heavy atom. The number of nitrogens with zero attached hydrogens (tertiary/aromatic N) is 2. The van der Waals surface area contributed by atoms with E-state index >= 15 is 0 Å². The van der Waals surface area contributed by atoms with Gasteiger partial charge in [0, 0.05) is 13.7 Å². The van der Waals surface area contributed by atoms with Crippen molar-refractivity contribution in [3.8, 4) is 0 Å². The molecule has 118 valence electrons. The van der Waals surface area contributed by atoms with Crippen LogP contribution in [-0.2, 0) is 23.0 Å². The number of aromatic nitrogens is 2. The molecule has 5 heteroatoms. The number of ketones is 1. The van der Waals surface area contributed by atoms with Crippen molar-refractivity contribution in [2.45, 2.75) is 58.5 Å². The topological polar surface area (TPSA) is 44.1 Å². The first kappa shape index (κ1) is 16.7. The van der Waals surface area contributed by atoms with Crippen LogP contribution in [0, 0.1) is 12.8 Å². The van der Waals surface area contributed by atoms with Gasteiger partial charge in [-0.25, -0.2) is 0 Å². The van der Waals surface area contributed by atoms with E-state index in [0.717, 1.165) is 28.7 Å². The number of carbonyl (C=O) groups excluding carboxylic acids is 1. The van der Waals surface area contributed by atoms with Crippen LogP contribution in [0.4, 0.5) is 0 Å². The molecule has 0 aliphatic heterocycles. The van der Waals surface area contributed by atoms with Crippen LogP contribution in [0.1, 0.15) is 50.4 Å². The van der Waals surface area contributed by atoms with Crippen molar-refractivity contribution in [1.82, 2.24) is 9.78 Å². The van der Waals surface area contributed by atoms with Crippen LogP contribution in [0.2, 0.25) is 0 Å². The number of hydrogen-bond donors (Lipinski definition) is 0. The average Bonchev–Trinajstić information content (AvgIpc) is 2.72. The Morgan fingerprint density at radius 2 is 2.10 bits per heavy atom. The number of carbonyl (C=O) groups is 1. The lowest BCUT2D eigenvalue weighted by Gasteiger charge is -2.29. The molecule has 1 atom stereocenters. The van der Waals surface area contributed by atoms with Gasteiger partial charge >= 0.3 is 0 Å². The summed E-state index contributed by atoms with van der Waals surface area (Å²) >= 11 is 3.54. The van der Waals surface area contributed by atoms with E-state index < -0.39 is 0 Å². The molecule has 1 aliphatic rings. The minimum atomic E-state index is -0.252. The lowest BCUT2D eigenvalue weighted by atomic mass is 9.83. The molecule has 0 bridgehead atoms. The predicted octanol–water partition coefficient (Wildman–Crippen LogP) is 3.59. The Balaban J connectivity index is 2.10. The third-order valence-corrected chi connectivity index (χ3v) is 5.38. The molecule has 1 heterocycles. The van der Waals surface area contributed by atoms with Gasteiger partial charge in [0.2, 0.25) is 0 Å². The quantitative estimate of drug-likeness (QED) is 0.782. The molecule has 0 radical (unpaired) electrons. The van der Waals surface area contributed by atoms with E-state index in [1.165, 1.54) is 19.3 Å². The van der Waals surface area contributed by atoms with Gasteiger partial charge in [-0.05, 0) is 48.5 Å². The summed E-state index contributed by atoms with van der Waals surface area (Å²) in [7, 11) is 1.89. The second-order valence-corrected chi connectivity index (χ2v) is 6.68. The molecule has 0 amide bonds. The van der Waals surface area contributed by atoms with Gasteiger partial charge in [0.15, 0.2) is 5.78 Å². The zero-order valence-corrected chi connectivity index (χ0v) is 14.8. The molecule has 0 saturated heterocycles. The largest absolute Gasteiger partial charge is 0.370 e. The Labute approximate surface area is 135 Å². The van der Waals surface area contributed by atoms with Gasteiger partial charge in [-0.3, -0.25) is 9.48 Å². The molecule has 0 spiro atoms. The number of ether oxygens (including phenoxy) is 1. The van der Waals surface area contributed by atoms with E-state index in [4.69, 9.17) is 4.74 Å². The summed E-state index contributed by atoms with van der Waals surface area (Å²) in [6.45, 7) is 4.50. The summed E-state index contributed by atoms with van der Waals surface area (Å²) in [5, 5.41) is 4.36. The van der Waals surface area contributed by atoms with E-state index in [1.54, 1.807) is 4.68 Å². The monoisotopic (exact) mass is 356 g/mol. The highest BCUT2D eigenvalue weighted by atomic mass is 79.9. The fraction of sp³-hybridized carbons (Fsp3) is 0.750. The summed E-state index contributed by atoms with van der Waals surface area (Å²) in [4.78, 5) is 12.7. The number of Topliss-reactive ketones (excluding diaryl/α,β-unsaturated/α-hetero) is 1. The van der Waals surface area contributed by atoms with Gasteiger partial charge in [-0.15, -0.1) is 0 Å². The van der Waals surface area contributed by atoms with Gasteiger partial charge in [0.25, 0.3) is 0 Å². The molecule has 1 fully saturated rings. The van der Waals surface area contributed by atoms with Crippen molar-refractivity contribution in [3.05, 3.63) is 15.9 Å². The molecular formula is C16H25BrN2O2. The lowest BCUT2D eigenvalue weighted by Crippen LogP contribution is -2.35. The molecule has 21 heavy (non-hydrogen) atoms. The summed E-state index contributed by atoms with van der Waals surface area (Å²) in [5.74, 6) is 0.576. The minimum Gasteiger partial charge on any atom is -0.370 e.